The zero-order valence-corrected chi connectivity index (χ0v) is 11.4. The molecule has 1 fully saturated rings. The highest BCUT2D eigenvalue weighted by molar-refractivity contribution is 7.98. The Morgan fingerprint density at radius 3 is 2.81 bits per heavy atom. The second-order valence-electron chi connectivity index (χ2n) is 5.12. The van der Waals surface area contributed by atoms with E-state index in [1.54, 1.807) is 11.8 Å². The summed E-state index contributed by atoms with van der Waals surface area (Å²) in [5, 5.41) is 13.6. The summed E-state index contributed by atoms with van der Waals surface area (Å²) < 4.78 is 0. The maximum absolute atomic E-state index is 10.1. The predicted octanol–water partition coefficient (Wildman–Crippen LogP) is 2.43. The zero-order chi connectivity index (χ0) is 12.0. The maximum Gasteiger partial charge on any atom is 0.0833 e. The minimum Gasteiger partial charge on any atom is -0.388 e. The van der Waals surface area contributed by atoms with Crippen LogP contribution >= 0.6 is 11.8 Å². The molecule has 0 amide bonds. The summed E-state index contributed by atoms with van der Waals surface area (Å²) in [6, 6.07) is 0.575. The van der Waals surface area contributed by atoms with E-state index in [1.807, 2.05) is 19.3 Å². The van der Waals surface area contributed by atoms with Crippen molar-refractivity contribution in [3.8, 4) is 0 Å². The summed E-state index contributed by atoms with van der Waals surface area (Å²) in [5.74, 6) is 1.63. The number of thioether (sulfide) groups is 1. The van der Waals surface area contributed by atoms with Gasteiger partial charge in [-0.05, 0) is 44.8 Å². The molecule has 0 bridgehead atoms. The minimum absolute atomic E-state index is 0.575. The van der Waals surface area contributed by atoms with E-state index in [0.717, 1.165) is 24.5 Å². The SMILES string of the molecule is C=CCCC(NCC(C)(O)CSC)C1CC1. The summed E-state index contributed by atoms with van der Waals surface area (Å²) in [5.41, 5.74) is -0.583. The van der Waals surface area contributed by atoms with E-state index in [0.29, 0.717) is 12.6 Å². The molecule has 0 aromatic heterocycles. The van der Waals surface area contributed by atoms with Gasteiger partial charge in [-0.25, -0.2) is 0 Å². The third-order valence-electron chi connectivity index (χ3n) is 3.07. The maximum atomic E-state index is 10.1. The molecule has 3 heteroatoms. The molecule has 0 aromatic carbocycles. The highest BCUT2D eigenvalue weighted by Crippen LogP contribution is 2.34. The van der Waals surface area contributed by atoms with Gasteiger partial charge in [0.15, 0.2) is 0 Å². The van der Waals surface area contributed by atoms with Gasteiger partial charge < -0.3 is 10.4 Å². The van der Waals surface area contributed by atoms with Crippen LogP contribution in [0, 0.1) is 5.92 Å². The molecule has 0 radical (unpaired) electrons. The van der Waals surface area contributed by atoms with E-state index in [1.165, 1.54) is 12.8 Å². The Bertz CT molecular complexity index is 214. The number of aliphatic hydroxyl groups is 1. The Hall–Kier alpha value is 0.0100. The lowest BCUT2D eigenvalue weighted by Crippen LogP contribution is -2.44. The third-order valence-corrected chi connectivity index (χ3v) is 3.98. The van der Waals surface area contributed by atoms with E-state index < -0.39 is 5.60 Å². The molecule has 2 unspecified atom stereocenters. The molecule has 0 heterocycles. The summed E-state index contributed by atoms with van der Waals surface area (Å²) in [6.07, 6.45) is 8.93. The summed E-state index contributed by atoms with van der Waals surface area (Å²) >= 11 is 1.70. The Labute approximate surface area is 104 Å². The lowest BCUT2D eigenvalue weighted by Gasteiger charge is -2.26. The molecule has 1 aliphatic rings. The van der Waals surface area contributed by atoms with Crippen LogP contribution < -0.4 is 5.32 Å². The molecule has 0 aromatic rings. The standard InChI is InChI=1S/C13H25NOS/c1-4-5-6-12(11-7-8-11)14-9-13(2,15)10-16-3/h4,11-12,14-15H,1,5-10H2,2-3H3. The molecule has 0 aliphatic heterocycles. The Morgan fingerprint density at radius 2 is 2.31 bits per heavy atom. The molecule has 0 saturated heterocycles. The smallest absolute Gasteiger partial charge is 0.0833 e. The van der Waals surface area contributed by atoms with Crippen molar-refractivity contribution in [1.29, 1.82) is 0 Å². The van der Waals surface area contributed by atoms with E-state index in [4.69, 9.17) is 0 Å². The summed E-state index contributed by atoms with van der Waals surface area (Å²) in [6.45, 7) is 6.38. The van der Waals surface area contributed by atoms with Crippen LogP contribution in [-0.4, -0.2) is 35.3 Å². The van der Waals surface area contributed by atoms with Crippen molar-refractivity contribution in [2.75, 3.05) is 18.6 Å². The van der Waals surface area contributed by atoms with Crippen molar-refractivity contribution < 1.29 is 5.11 Å². The van der Waals surface area contributed by atoms with Gasteiger partial charge in [0.1, 0.15) is 0 Å². The van der Waals surface area contributed by atoms with Crippen molar-refractivity contribution in [3.63, 3.8) is 0 Å². The molecule has 0 spiro atoms. The van der Waals surface area contributed by atoms with Gasteiger partial charge in [0.2, 0.25) is 0 Å². The van der Waals surface area contributed by atoms with Crippen molar-refractivity contribution in [2.24, 2.45) is 5.92 Å². The molecule has 2 N–H and O–H groups in total. The monoisotopic (exact) mass is 243 g/mol. The Balaban J connectivity index is 2.28. The van der Waals surface area contributed by atoms with Crippen molar-refractivity contribution in [1.82, 2.24) is 5.32 Å². The van der Waals surface area contributed by atoms with Gasteiger partial charge in [-0.3, -0.25) is 0 Å². The largest absolute Gasteiger partial charge is 0.388 e. The fraction of sp³-hybridized carbons (Fsp3) is 0.846. The highest BCUT2D eigenvalue weighted by atomic mass is 32.2. The van der Waals surface area contributed by atoms with E-state index in [-0.39, 0.29) is 0 Å². The van der Waals surface area contributed by atoms with Crippen LogP contribution in [0.1, 0.15) is 32.6 Å². The van der Waals surface area contributed by atoms with Crippen LogP contribution in [-0.2, 0) is 0 Å². The summed E-state index contributed by atoms with van der Waals surface area (Å²) in [4.78, 5) is 0. The molecule has 2 atom stereocenters. The van der Waals surface area contributed by atoms with Gasteiger partial charge in [0.05, 0.1) is 5.60 Å². The average molecular weight is 243 g/mol. The molecule has 94 valence electrons. The number of nitrogens with one attached hydrogen (secondary N) is 1. The van der Waals surface area contributed by atoms with Gasteiger partial charge in [0.25, 0.3) is 0 Å². The molecule has 1 aliphatic carbocycles. The summed E-state index contributed by atoms with van der Waals surface area (Å²) in [7, 11) is 0. The molecule has 16 heavy (non-hydrogen) atoms. The second kappa shape index (κ2) is 6.67. The van der Waals surface area contributed by atoms with Gasteiger partial charge in [-0.15, -0.1) is 6.58 Å². The molecular formula is C13H25NOS. The number of rotatable bonds is 9. The van der Waals surface area contributed by atoms with Crippen molar-refractivity contribution in [2.45, 2.75) is 44.2 Å². The molecule has 1 rings (SSSR count). The average Bonchev–Trinajstić information content (AvgIpc) is 3.01. The number of allylic oxidation sites excluding steroid dienone is 1. The first-order chi connectivity index (χ1) is 7.59. The van der Waals surface area contributed by atoms with Crippen molar-refractivity contribution in [3.05, 3.63) is 12.7 Å². The van der Waals surface area contributed by atoms with Crippen LogP contribution in [0.25, 0.3) is 0 Å². The first-order valence-electron chi connectivity index (χ1n) is 6.14. The normalized spacial score (nSPS) is 21.4. The van der Waals surface area contributed by atoms with Gasteiger partial charge in [0, 0.05) is 18.3 Å². The molecule has 1 saturated carbocycles. The number of hydrogen-bond acceptors (Lipinski definition) is 3. The lowest BCUT2D eigenvalue weighted by molar-refractivity contribution is 0.0800. The van der Waals surface area contributed by atoms with Gasteiger partial charge in [-0.2, -0.15) is 11.8 Å². The Kier molecular flexibility index (Phi) is 5.87. The lowest BCUT2D eigenvalue weighted by atomic mass is 10.0. The topological polar surface area (TPSA) is 32.3 Å². The van der Waals surface area contributed by atoms with Crippen LogP contribution in [0.3, 0.4) is 0 Å². The fourth-order valence-corrected chi connectivity index (χ4v) is 2.74. The Morgan fingerprint density at radius 1 is 1.62 bits per heavy atom. The van der Waals surface area contributed by atoms with E-state index >= 15 is 0 Å². The van der Waals surface area contributed by atoms with Gasteiger partial charge >= 0.3 is 0 Å². The van der Waals surface area contributed by atoms with Crippen LogP contribution in [0.5, 0.6) is 0 Å². The fourth-order valence-electron chi connectivity index (χ4n) is 2.01. The predicted molar refractivity (Wildman–Crippen MR) is 73.0 cm³/mol. The minimum atomic E-state index is -0.583. The first-order valence-corrected chi connectivity index (χ1v) is 7.54. The van der Waals surface area contributed by atoms with E-state index in [2.05, 4.69) is 11.9 Å². The van der Waals surface area contributed by atoms with E-state index in [9.17, 15) is 5.11 Å². The quantitative estimate of drug-likeness (QED) is 0.610. The van der Waals surface area contributed by atoms with Crippen molar-refractivity contribution >= 4 is 11.8 Å². The van der Waals surface area contributed by atoms with Crippen LogP contribution in [0.2, 0.25) is 0 Å². The molecule has 2 nitrogen and oxygen atoms in total. The van der Waals surface area contributed by atoms with Crippen LogP contribution in [0.4, 0.5) is 0 Å². The third kappa shape index (κ3) is 5.37. The number of hydrogen-bond donors (Lipinski definition) is 2. The first kappa shape index (κ1) is 14.1. The van der Waals surface area contributed by atoms with Crippen LogP contribution in [0.15, 0.2) is 12.7 Å². The zero-order valence-electron chi connectivity index (χ0n) is 10.5. The second-order valence-corrected chi connectivity index (χ2v) is 5.99. The highest BCUT2D eigenvalue weighted by Gasteiger charge is 2.31. The van der Waals surface area contributed by atoms with Gasteiger partial charge in [-0.1, -0.05) is 6.08 Å². The molecular weight excluding hydrogens is 218 g/mol.